The molecule has 0 amide bonds. The van der Waals surface area contributed by atoms with Gasteiger partial charge in [-0.05, 0) is 50.1 Å². The number of aromatic nitrogens is 3. The minimum absolute atomic E-state index is 0.0893. The molecule has 10 nitrogen and oxygen atoms in total. The van der Waals surface area contributed by atoms with E-state index in [2.05, 4.69) is 27.2 Å². The number of nitro groups is 1. The van der Waals surface area contributed by atoms with E-state index in [0.717, 1.165) is 16.5 Å². The summed E-state index contributed by atoms with van der Waals surface area (Å²) in [5.41, 5.74) is 4.41. The van der Waals surface area contributed by atoms with Crippen molar-refractivity contribution in [2.75, 3.05) is 13.7 Å². The lowest BCUT2D eigenvalue weighted by atomic mass is 10.1. The van der Waals surface area contributed by atoms with Crippen molar-refractivity contribution in [2.45, 2.75) is 26.7 Å². The van der Waals surface area contributed by atoms with Crippen molar-refractivity contribution in [2.24, 2.45) is 4.99 Å². The molecule has 2 N–H and O–H groups in total. The molecule has 0 aliphatic carbocycles. The lowest BCUT2D eigenvalue weighted by Gasteiger charge is -2.02. The van der Waals surface area contributed by atoms with Crippen LogP contribution in [0.2, 0.25) is 0 Å². The van der Waals surface area contributed by atoms with Crippen molar-refractivity contribution in [3.63, 3.8) is 0 Å². The van der Waals surface area contributed by atoms with Gasteiger partial charge in [-0.3, -0.25) is 29.8 Å². The lowest BCUT2D eigenvalue weighted by Crippen LogP contribution is -2.20. The third-order valence-corrected chi connectivity index (χ3v) is 5.85. The Hall–Kier alpha value is -4.47. The predicted molar refractivity (Wildman–Crippen MR) is 133 cm³/mol. The highest BCUT2D eigenvalue weighted by Gasteiger charge is 2.20. The van der Waals surface area contributed by atoms with Crippen LogP contribution in [0.5, 0.6) is 0 Å². The fourth-order valence-electron chi connectivity index (χ4n) is 4.03. The number of ether oxygens (including phenoxy) is 1. The second-order valence-corrected chi connectivity index (χ2v) is 8.21. The summed E-state index contributed by atoms with van der Waals surface area (Å²) >= 11 is 0. The molecule has 0 aliphatic heterocycles. The number of fused-ring (bicyclic) bond motifs is 1. The molecule has 180 valence electrons. The van der Waals surface area contributed by atoms with Crippen molar-refractivity contribution in [3.8, 4) is 5.69 Å². The van der Waals surface area contributed by atoms with Gasteiger partial charge < -0.3 is 9.72 Å². The Morgan fingerprint density at radius 1 is 1.20 bits per heavy atom. The fourth-order valence-corrected chi connectivity index (χ4v) is 4.03. The number of esters is 1. The maximum absolute atomic E-state index is 13.3. The van der Waals surface area contributed by atoms with E-state index >= 15 is 0 Å². The molecule has 0 fully saturated rings. The van der Waals surface area contributed by atoms with Crippen molar-refractivity contribution in [1.82, 2.24) is 14.8 Å². The fraction of sp³-hybridized carbons (Fsp3) is 0.240. The van der Waals surface area contributed by atoms with E-state index < -0.39 is 16.5 Å². The Labute approximate surface area is 200 Å². The van der Waals surface area contributed by atoms with Crippen molar-refractivity contribution in [1.29, 1.82) is 0 Å². The van der Waals surface area contributed by atoms with Gasteiger partial charge >= 0.3 is 5.97 Å². The Balaban J connectivity index is 1.64. The molecule has 0 bridgehead atoms. The van der Waals surface area contributed by atoms with Gasteiger partial charge in [0.2, 0.25) is 0 Å². The summed E-state index contributed by atoms with van der Waals surface area (Å²) in [6, 6.07) is 11.8. The second kappa shape index (κ2) is 9.80. The van der Waals surface area contributed by atoms with Gasteiger partial charge in [0.05, 0.1) is 35.4 Å². The molecule has 0 saturated carbocycles. The SMILES string of the molecule is COC(=O)Cc1[nH]n(-c2ccc([N+](=O)[O-])cc2)c(=O)c1C(C)=NCCc1c[nH]c2ccc(C)cc12. The first kappa shape index (κ1) is 23.7. The maximum atomic E-state index is 13.3. The van der Waals surface area contributed by atoms with E-state index in [0.29, 0.717) is 30.1 Å². The summed E-state index contributed by atoms with van der Waals surface area (Å²) in [7, 11) is 1.28. The van der Waals surface area contributed by atoms with Crippen molar-refractivity contribution in [3.05, 3.63) is 91.5 Å². The van der Waals surface area contributed by atoms with Crippen LogP contribution in [-0.2, 0) is 22.4 Å². The van der Waals surface area contributed by atoms with Crippen molar-refractivity contribution < 1.29 is 14.5 Å². The smallest absolute Gasteiger partial charge is 0.311 e. The first-order chi connectivity index (χ1) is 16.8. The van der Waals surface area contributed by atoms with Gasteiger partial charge in [-0.2, -0.15) is 0 Å². The number of methoxy groups -OCH3 is 1. The van der Waals surface area contributed by atoms with Crippen LogP contribution in [0, 0.1) is 17.0 Å². The highest BCUT2D eigenvalue weighted by atomic mass is 16.6. The predicted octanol–water partition coefficient (Wildman–Crippen LogP) is 3.63. The maximum Gasteiger partial charge on any atom is 0.311 e. The number of hydrogen-bond donors (Lipinski definition) is 2. The summed E-state index contributed by atoms with van der Waals surface area (Å²) in [5.74, 6) is -0.509. The molecule has 2 aromatic heterocycles. The third kappa shape index (κ3) is 4.91. The summed E-state index contributed by atoms with van der Waals surface area (Å²) in [6.45, 7) is 4.22. The Morgan fingerprint density at radius 2 is 1.94 bits per heavy atom. The van der Waals surface area contributed by atoms with E-state index in [1.165, 1.54) is 41.6 Å². The van der Waals surface area contributed by atoms with Crippen LogP contribution in [0.4, 0.5) is 5.69 Å². The van der Waals surface area contributed by atoms with Crippen LogP contribution in [0.3, 0.4) is 0 Å². The average molecular weight is 476 g/mol. The zero-order valence-electron chi connectivity index (χ0n) is 19.6. The minimum atomic E-state index is -0.513. The number of nitrogens with one attached hydrogen (secondary N) is 2. The van der Waals surface area contributed by atoms with E-state index in [-0.39, 0.29) is 17.7 Å². The van der Waals surface area contributed by atoms with Gasteiger partial charge in [0.25, 0.3) is 11.2 Å². The minimum Gasteiger partial charge on any atom is -0.469 e. The molecule has 0 radical (unpaired) electrons. The van der Waals surface area contributed by atoms with Gasteiger partial charge in [0.15, 0.2) is 0 Å². The normalized spacial score (nSPS) is 11.7. The van der Waals surface area contributed by atoms with E-state index in [9.17, 15) is 19.7 Å². The molecule has 4 rings (SSSR count). The quantitative estimate of drug-likeness (QED) is 0.174. The van der Waals surface area contributed by atoms with E-state index in [1.807, 2.05) is 19.2 Å². The van der Waals surface area contributed by atoms with Crippen LogP contribution >= 0.6 is 0 Å². The number of benzene rings is 2. The number of carbonyl (C=O) groups excluding carboxylic acids is 1. The Morgan fingerprint density at radius 3 is 2.63 bits per heavy atom. The first-order valence-corrected chi connectivity index (χ1v) is 11.0. The van der Waals surface area contributed by atoms with Crippen molar-refractivity contribution >= 4 is 28.3 Å². The first-order valence-electron chi connectivity index (χ1n) is 11.0. The van der Waals surface area contributed by atoms with Crippen LogP contribution in [0.25, 0.3) is 16.6 Å². The number of nitrogens with zero attached hydrogens (tertiary/aromatic N) is 3. The van der Waals surface area contributed by atoms with Gasteiger partial charge in [0.1, 0.15) is 0 Å². The topological polar surface area (TPSA) is 135 Å². The molecule has 0 spiro atoms. The van der Waals surface area contributed by atoms with Crippen LogP contribution in [0.15, 0.2) is 58.4 Å². The standard InChI is InChI=1S/C25H25N5O5/c1-15-4-9-21-20(12-15)17(14-27-21)10-11-26-16(2)24-22(13-23(31)35-3)28-29(25(24)32)18-5-7-19(8-6-18)30(33)34/h4-9,12,14,27-28H,10-11,13H2,1-3H3. The van der Waals surface area contributed by atoms with Crippen LogP contribution in [-0.4, -0.2) is 45.0 Å². The third-order valence-electron chi connectivity index (χ3n) is 5.85. The molecule has 35 heavy (non-hydrogen) atoms. The number of aliphatic imine (C=N–C) groups is 1. The summed E-state index contributed by atoms with van der Waals surface area (Å²) in [4.78, 5) is 43.6. The molecule has 0 aliphatic rings. The van der Waals surface area contributed by atoms with Gasteiger partial charge in [-0.25, -0.2) is 4.68 Å². The molecular weight excluding hydrogens is 450 g/mol. The average Bonchev–Trinajstić information content (AvgIpc) is 3.39. The zero-order valence-corrected chi connectivity index (χ0v) is 19.6. The Kier molecular flexibility index (Phi) is 6.63. The Bertz CT molecular complexity index is 1490. The number of aromatic amines is 2. The molecule has 0 unspecified atom stereocenters. The summed E-state index contributed by atoms with van der Waals surface area (Å²) in [5, 5.41) is 15.0. The number of rotatable bonds is 8. The zero-order chi connectivity index (χ0) is 25.1. The number of carbonyl (C=O) groups is 1. The number of non-ortho nitro benzene ring substituents is 1. The number of hydrogen-bond acceptors (Lipinski definition) is 6. The van der Waals surface area contributed by atoms with Crippen LogP contribution < -0.4 is 5.56 Å². The highest BCUT2D eigenvalue weighted by Crippen LogP contribution is 2.20. The molecule has 10 heteroatoms. The van der Waals surface area contributed by atoms with E-state index in [4.69, 9.17) is 4.74 Å². The largest absolute Gasteiger partial charge is 0.469 e. The molecule has 2 aromatic carbocycles. The molecule has 2 heterocycles. The monoisotopic (exact) mass is 475 g/mol. The second-order valence-electron chi connectivity index (χ2n) is 8.21. The molecule has 0 saturated heterocycles. The summed E-state index contributed by atoms with van der Waals surface area (Å²) < 4.78 is 6.03. The van der Waals surface area contributed by atoms with E-state index in [1.54, 1.807) is 6.92 Å². The van der Waals surface area contributed by atoms with Gasteiger partial charge in [0, 0.05) is 41.5 Å². The lowest BCUT2D eigenvalue weighted by molar-refractivity contribution is -0.384. The summed E-state index contributed by atoms with van der Waals surface area (Å²) in [6.07, 6.45) is 2.50. The number of H-pyrrole nitrogens is 2. The van der Waals surface area contributed by atoms with Gasteiger partial charge in [-0.15, -0.1) is 0 Å². The molecule has 0 atom stereocenters. The van der Waals surface area contributed by atoms with Gasteiger partial charge in [-0.1, -0.05) is 11.6 Å². The van der Waals surface area contributed by atoms with Crippen LogP contribution in [0.1, 0.15) is 29.3 Å². The number of aryl methyl sites for hydroxylation is 1. The molecular formula is C25H25N5O5. The number of nitro benzene ring substituents is 1. The molecule has 4 aromatic rings. The highest BCUT2D eigenvalue weighted by molar-refractivity contribution is 6.00.